The Labute approximate surface area is 147 Å². The number of thioether (sulfide) groups is 1. The Kier molecular flexibility index (Phi) is 6.52. The first-order valence-electron chi connectivity index (χ1n) is 8.01. The van der Waals surface area contributed by atoms with Gasteiger partial charge in [-0.2, -0.15) is 0 Å². The fourth-order valence-electron chi connectivity index (χ4n) is 2.82. The Hall–Kier alpha value is -1.02. The van der Waals surface area contributed by atoms with Gasteiger partial charge in [-0.1, -0.05) is 30.9 Å². The molecule has 2 rings (SSSR count). The Bertz CT molecular complexity index is 465. The maximum Gasteiger partial charge on any atom is 0.410 e. The highest BCUT2D eigenvalue weighted by Crippen LogP contribution is 2.24. The van der Waals surface area contributed by atoms with Crippen molar-refractivity contribution in [3.63, 3.8) is 0 Å². The van der Waals surface area contributed by atoms with Crippen LogP contribution in [0.3, 0.4) is 0 Å². The lowest BCUT2D eigenvalue weighted by Crippen LogP contribution is -2.47. The lowest BCUT2D eigenvalue weighted by atomic mass is 10.0. The molecule has 2 heterocycles. The van der Waals surface area contributed by atoms with Crippen LogP contribution in [0.2, 0.25) is 0 Å². The summed E-state index contributed by atoms with van der Waals surface area (Å²) in [5, 5.41) is 0. The molecule has 0 radical (unpaired) electrons. The van der Waals surface area contributed by atoms with E-state index in [4.69, 9.17) is 17.0 Å². The van der Waals surface area contributed by atoms with Crippen molar-refractivity contribution in [1.82, 2.24) is 14.7 Å². The van der Waals surface area contributed by atoms with Crippen LogP contribution in [0.5, 0.6) is 0 Å². The summed E-state index contributed by atoms with van der Waals surface area (Å²) in [4.78, 5) is 29.7. The SMILES string of the molecule is CCC1CN(C2CCN(C(=O)CSC(=S)N(C)C)CC2)C(=O)O1. The molecule has 0 aliphatic carbocycles. The van der Waals surface area contributed by atoms with Gasteiger partial charge >= 0.3 is 6.09 Å². The van der Waals surface area contributed by atoms with E-state index in [2.05, 4.69) is 0 Å². The van der Waals surface area contributed by atoms with Crippen LogP contribution in [0.15, 0.2) is 0 Å². The van der Waals surface area contributed by atoms with Gasteiger partial charge in [-0.05, 0) is 19.3 Å². The van der Waals surface area contributed by atoms with Gasteiger partial charge in [0.25, 0.3) is 0 Å². The minimum atomic E-state index is -0.200. The van der Waals surface area contributed by atoms with E-state index in [-0.39, 0.29) is 24.1 Å². The maximum absolute atomic E-state index is 12.2. The van der Waals surface area contributed by atoms with Crippen molar-refractivity contribution in [2.24, 2.45) is 0 Å². The molecule has 1 unspecified atom stereocenters. The number of amides is 2. The Morgan fingerprint density at radius 2 is 2.04 bits per heavy atom. The zero-order valence-electron chi connectivity index (χ0n) is 14.0. The number of thiocarbonyl (C=S) groups is 1. The molecule has 0 aromatic carbocycles. The molecule has 6 nitrogen and oxygen atoms in total. The first-order valence-corrected chi connectivity index (χ1v) is 9.40. The van der Waals surface area contributed by atoms with E-state index in [9.17, 15) is 9.59 Å². The number of cyclic esters (lactones) is 1. The van der Waals surface area contributed by atoms with Crippen LogP contribution in [-0.4, -0.2) is 82.6 Å². The van der Waals surface area contributed by atoms with E-state index < -0.39 is 0 Å². The zero-order valence-corrected chi connectivity index (χ0v) is 15.6. The number of ether oxygens (including phenoxy) is 1. The minimum Gasteiger partial charge on any atom is -0.444 e. The summed E-state index contributed by atoms with van der Waals surface area (Å²) in [6, 6.07) is 0.193. The number of hydrogen-bond donors (Lipinski definition) is 0. The standard InChI is InChI=1S/C15H25N3O3S2/c1-4-12-9-18(14(20)21-12)11-5-7-17(8-6-11)13(19)10-23-15(22)16(2)3/h11-12H,4-10H2,1-3H3. The number of piperidine rings is 1. The molecule has 23 heavy (non-hydrogen) atoms. The summed E-state index contributed by atoms with van der Waals surface area (Å²) in [6.07, 6.45) is 2.31. The lowest BCUT2D eigenvalue weighted by molar-refractivity contribution is -0.129. The molecule has 2 aliphatic rings. The van der Waals surface area contributed by atoms with Crippen LogP contribution in [0.25, 0.3) is 0 Å². The summed E-state index contributed by atoms with van der Waals surface area (Å²) in [5.74, 6) is 0.499. The molecule has 0 aromatic heterocycles. The van der Waals surface area contributed by atoms with Crippen LogP contribution < -0.4 is 0 Å². The second-order valence-corrected chi connectivity index (χ2v) is 7.74. The smallest absolute Gasteiger partial charge is 0.410 e. The predicted molar refractivity (Wildman–Crippen MR) is 95.6 cm³/mol. The summed E-state index contributed by atoms with van der Waals surface area (Å²) in [6.45, 7) is 4.10. The first-order chi connectivity index (χ1) is 10.9. The van der Waals surface area contributed by atoms with Crippen molar-refractivity contribution in [1.29, 1.82) is 0 Å². The van der Waals surface area contributed by atoms with Crippen molar-refractivity contribution in [3.8, 4) is 0 Å². The third-order valence-electron chi connectivity index (χ3n) is 4.30. The number of rotatable bonds is 4. The van der Waals surface area contributed by atoms with Crippen LogP contribution in [0, 0.1) is 0 Å². The largest absolute Gasteiger partial charge is 0.444 e. The molecule has 0 aromatic rings. The monoisotopic (exact) mass is 359 g/mol. The van der Waals surface area contributed by atoms with E-state index in [0.717, 1.165) is 23.6 Å². The number of carbonyl (C=O) groups is 2. The summed E-state index contributed by atoms with van der Waals surface area (Å²) in [5.41, 5.74) is 0. The second kappa shape index (κ2) is 8.19. The van der Waals surface area contributed by atoms with Gasteiger partial charge in [0.05, 0.1) is 12.3 Å². The fraction of sp³-hybridized carbons (Fsp3) is 0.800. The lowest BCUT2D eigenvalue weighted by Gasteiger charge is -2.35. The van der Waals surface area contributed by atoms with Crippen LogP contribution in [0.1, 0.15) is 26.2 Å². The molecule has 2 amide bonds. The fourth-order valence-corrected chi connectivity index (χ4v) is 3.69. The summed E-state index contributed by atoms with van der Waals surface area (Å²) < 4.78 is 6.04. The van der Waals surface area contributed by atoms with Gasteiger partial charge in [0, 0.05) is 33.2 Å². The molecular formula is C15H25N3O3S2. The highest BCUT2D eigenvalue weighted by atomic mass is 32.2. The molecule has 130 valence electrons. The predicted octanol–water partition coefficient (Wildman–Crippen LogP) is 1.79. The topological polar surface area (TPSA) is 53.1 Å². The highest BCUT2D eigenvalue weighted by molar-refractivity contribution is 8.23. The number of hydrogen-bond acceptors (Lipinski definition) is 5. The quantitative estimate of drug-likeness (QED) is 0.714. The third kappa shape index (κ3) is 4.73. The molecule has 0 saturated carbocycles. The molecular weight excluding hydrogens is 334 g/mol. The van der Waals surface area contributed by atoms with Gasteiger partial charge < -0.3 is 19.4 Å². The van der Waals surface area contributed by atoms with Gasteiger partial charge in [-0.15, -0.1) is 0 Å². The Morgan fingerprint density at radius 3 is 2.57 bits per heavy atom. The van der Waals surface area contributed by atoms with Crippen molar-refractivity contribution in [2.75, 3.05) is 39.5 Å². The van der Waals surface area contributed by atoms with Gasteiger partial charge in [-0.3, -0.25) is 4.79 Å². The van der Waals surface area contributed by atoms with E-state index in [1.165, 1.54) is 11.8 Å². The van der Waals surface area contributed by atoms with E-state index in [0.29, 0.717) is 25.4 Å². The third-order valence-corrected chi connectivity index (χ3v) is 6.02. The van der Waals surface area contributed by atoms with Crippen LogP contribution >= 0.6 is 24.0 Å². The molecule has 0 bridgehead atoms. The van der Waals surface area contributed by atoms with Gasteiger partial charge in [0.15, 0.2) is 0 Å². The number of carbonyl (C=O) groups excluding carboxylic acids is 2. The van der Waals surface area contributed by atoms with Crippen LogP contribution in [-0.2, 0) is 9.53 Å². The molecule has 1 atom stereocenters. The Morgan fingerprint density at radius 1 is 1.39 bits per heavy atom. The van der Waals surface area contributed by atoms with Gasteiger partial charge in [-0.25, -0.2) is 4.79 Å². The number of nitrogens with zero attached hydrogens (tertiary/aromatic N) is 3. The number of likely N-dealkylation sites (tertiary alicyclic amines) is 1. The first kappa shape index (κ1) is 18.3. The zero-order chi connectivity index (χ0) is 17.0. The minimum absolute atomic E-state index is 0.0191. The van der Waals surface area contributed by atoms with E-state index in [1.807, 2.05) is 35.7 Å². The second-order valence-electron chi connectivity index (χ2n) is 6.13. The van der Waals surface area contributed by atoms with Crippen molar-refractivity contribution in [2.45, 2.75) is 38.3 Å². The average molecular weight is 360 g/mol. The molecule has 2 fully saturated rings. The normalized spacial score (nSPS) is 22.2. The van der Waals surface area contributed by atoms with Gasteiger partial charge in [0.1, 0.15) is 10.4 Å². The Balaban J connectivity index is 1.76. The summed E-state index contributed by atoms with van der Waals surface area (Å²) in [7, 11) is 3.76. The van der Waals surface area contributed by atoms with Crippen molar-refractivity contribution < 1.29 is 14.3 Å². The van der Waals surface area contributed by atoms with E-state index >= 15 is 0 Å². The van der Waals surface area contributed by atoms with Crippen molar-refractivity contribution in [3.05, 3.63) is 0 Å². The summed E-state index contributed by atoms with van der Waals surface area (Å²) >= 11 is 6.58. The molecule has 2 aliphatic heterocycles. The molecule has 0 spiro atoms. The molecule has 8 heteroatoms. The van der Waals surface area contributed by atoms with Crippen LogP contribution in [0.4, 0.5) is 4.79 Å². The molecule has 2 saturated heterocycles. The molecule has 0 N–H and O–H groups in total. The average Bonchev–Trinajstić information content (AvgIpc) is 2.93. The van der Waals surface area contributed by atoms with Crippen molar-refractivity contribution >= 4 is 40.3 Å². The van der Waals surface area contributed by atoms with E-state index in [1.54, 1.807) is 0 Å². The highest BCUT2D eigenvalue weighted by Gasteiger charge is 2.37. The van der Waals surface area contributed by atoms with Gasteiger partial charge in [0.2, 0.25) is 5.91 Å². The maximum atomic E-state index is 12.2.